The summed E-state index contributed by atoms with van der Waals surface area (Å²) in [5.41, 5.74) is 11.6. The fourth-order valence-electron chi connectivity index (χ4n) is 1.97. The lowest BCUT2D eigenvalue weighted by Gasteiger charge is -2.10. The summed E-state index contributed by atoms with van der Waals surface area (Å²) in [4.78, 5) is 35.4. The Morgan fingerprint density at radius 3 is 2.22 bits per heavy atom. The fourth-order valence-corrected chi connectivity index (χ4v) is 3.05. The molecular formula is C15H14FN3O3S. The minimum atomic E-state index is -1.57. The van der Waals surface area contributed by atoms with Gasteiger partial charge in [0.1, 0.15) is 5.82 Å². The number of hydrogen-bond acceptors (Lipinski definition) is 4. The van der Waals surface area contributed by atoms with Crippen LogP contribution in [0.1, 0.15) is 15.2 Å². The van der Waals surface area contributed by atoms with Crippen molar-refractivity contribution < 1.29 is 18.8 Å². The van der Waals surface area contributed by atoms with Crippen molar-refractivity contribution in [2.45, 2.75) is 13.0 Å². The average molecular weight is 335 g/mol. The summed E-state index contributed by atoms with van der Waals surface area (Å²) in [6.07, 6.45) is 0. The largest absolute Gasteiger partial charge is 0.367 e. The lowest BCUT2D eigenvalue weighted by Crippen LogP contribution is -2.52. The molecule has 5 N–H and O–H groups in total. The third-order valence-corrected chi connectivity index (χ3v) is 4.38. The van der Waals surface area contributed by atoms with Crippen molar-refractivity contribution in [3.63, 3.8) is 0 Å². The third-order valence-electron chi connectivity index (χ3n) is 3.09. The predicted octanol–water partition coefficient (Wildman–Crippen LogP) is 0.932. The summed E-state index contributed by atoms with van der Waals surface area (Å²) in [6, 6.07) is 5.89. The van der Waals surface area contributed by atoms with Crippen molar-refractivity contribution in [3.8, 4) is 10.4 Å². The average Bonchev–Trinajstić information content (AvgIpc) is 2.86. The second-order valence-electron chi connectivity index (χ2n) is 4.84. The Bertz CT molecular complexity index is 757. The van der Waals surface area contributed by atoms with Crippen LogP contribution in [0.4, 0.5) is 4.39 Å². The minimum absolute atomic E-state index is 0.286. The first-order valence-corrected chi connectivity index (χ1v) is 7.37. The van der Waals surface area contributed by atoms with Gasteiger partial charge in [0.15, 0.2) is 6.04 Å². The van der Waals surface area contributed by atoms with Crippen molar-refractivity contribution in [1.82, 2.24) is 5.32 Å². The Kier molecular flexibility index (Phi) is 4.75. The smallest absolute Gasteiger partial charge is 0.262 e. The molecule has 0 atom stereocenters. The molecule has 120 valence electrons. The van der Waals surface area contributed by atoms with E-state index >= 15 is 0 Å². The fraction of sp³-hybridized carbons (Fsp3) is 0.133. The molecule has 23 heavy (non-hydrogen) atoms. The molecule has 1 aromatic carbocycles. The number of rotatable bonds is 5. The molecule has 6 nitrogen and oxygen atoms in total. The number of thiophene rings is 1. The van der Waals surface area contributed by atoms with Gasteiger partial charge >= 0.3 is 0 Å². The molecule has 0 spiro atoms. The first kappa shape index (κ1) is 16.6. The summed E-state index contributed by atoms with van der Waals surface area (Å²) in [5.74, 6) is -3.04. The number of amides is 3. The highest BCUT2D eigenvalue weighted by Crippen LogP contribution is 2.32. The number of hydrogen-bond donors (Lipinski definition) is 3. The molecule has 0 aliphatic heterocycles. The van der Waals surface area contributed by atoms with Gasteiger partial charge in [-0.05, 0) is 36.2 Å². The topological polar surface area (TPSA) is 115 Å². The van der Waals surface area contributed by atoms with E-state index in [0.717, 1.165) is 27.3 Å². The Morgan fingerprint density at radius 1 is 1.13 bits per heavy atom. The summed E-state index contributed by atoms with van der Waals surface area (Å²) in [7, 11) is 0. The van der Waals surface area contributed by atoms with Crippen LogP contribution in [0.3, 0.4) is 0 Å². The summed E-state index contributed by atoms with van der Waals surface area (Å²) in [5, 5.41) is 2.20. The van der Waals surface area contributed by atoms with Crippen LogP contribution < -0.4 is 16.8 Å². The van der Waals surface area contributed by atoms with E-state index in [4.69, 9.17) is 11.5 Å². The Hall–Kier alpha value is -2.74. The molecule has 1 heterocycles. The number of benzene rings is 1. The van der Waals surface area contributed by atoms with Crippen LogP contribution in [0.5, 0.6) is 0 Å². The highest BCUT2D eigenvalue weighted by Gasteiger charge is 2.25. The van der Waals surface area contributed by atoms with E-state index in [1.54, 1.807) is 25.1 Å². The van der Waals surface area contributed by atoms with Crippen LogP contribution in [0.15, 0.2) is 30.3 Å². The van der Waals surface area contributed by atoms with E-state index in [9.17, 15) is 18.8 Å². The highest BCUT2D eigenvalue weighted by molar-refractivity contribution is 7.17. The second kappa shape index (κ2) is 6.57. The van der Waals surface area contributed by atoms with E-state index in [2.05, 4.69) is 5.32 Å². The van der Waals surface area contributed by atoms with Gasteiger partial charge in [0, 0.05) is 4.88 Å². The molecule has 0 fully saturated rings. The van der Waals surface area contributed by atoms with Gasteiger partial charge in [-0.15, -0.1) is 11.3 Å². The Balaban J connectivity index is 2.26. The van der Waals surface area contributed by atoms with Gasteiger partial charge in [-0.2, -0.15) is 0 Å². The standard InChI is InChI=1S/C15H14FN3O3S/c1-7-6-10(15(22)19-11(13(17)20)14(18)21)23-12(7)8-2-4-9(16)5-3-8/h2-6,11H,1H3,(H2,17,20)(H2,18,21)(H,19,22). The quantitative estimate of drug-likeness (QED) is 0.706. The molecule has 8 heteroatoms. The molecule has 3 amide bonds. The molecule has 0 aliphatic carbocycles. The normalized spacial score (nSPS) is 10.6. The van der Waals surface area contributed by atoms with Crippen LogP contribution in [0.25, 0.3) is 10.4 Å². The van der Waals surface area contributed by atoms with Crippen molar-refractivity contribution in [1.29, 1.82) is 0 Å². The van der Waals surface area contributed by atoms with Crippen molar-refractivity contribution in [2.24, 2.45) is 11.5 Å². The van der Waals surface area contributed by atoms with Gasteiger partial charge in [0.2, 0.25) is 11.8 Å². The Labute approximate surface area is 135 Å². The van der Waals surface area contributed by atoms with Gasteiger partial charge in [-0.3, -0.25) is 14.4 Å². The molecule has 0 saturated heterocycles. The van der Waals surface area contributed by atoms with Gasteiger partial charge in [-0.25, -0.2) is 4.39 Å². The maximum absolute atomic E-state index is 13.0. The van der Waals surface area contributed by atoms with Crippen LogP contribution in [0, 0.1) is 12.7 Å². The number of aryl methyl sites for hydroxylation is 1. The van der Waals surface area contributed by atoms with Crippen molar-refractivity contribution >= 4 is 29.1 Å². The maximum atomic E-state index is 13.0. The number of halogens is 1. The molecule has 2 rings (SSSR count). The highest BCUT2D eigenvalue weighted by atomic mass is 32.1. The van der Waals surface area contributed by atoms with E-state index in [0.29, 0.717) is 0 Å². The summed E-state index contributed by atoms with van der Waals surface area (Å²) < 4.78 is 13.0. The molecule has 0 bridgehead atoms. The van der Waals surface area contributed by atoms with E-state index in [-0.39, 0.29) is 10.7 Å². The van der Waals surface area contributed by atoms with Crippen LogP contribution in [-0.2, 0) is 9.59 Å². The molecular weight excluding hydrogens is 321 g/mol. The van der Waals surface area contributed by atoms with Crippen LogP contribution in [-0.4, -0.2) is 23.8 Å². The zero-order chi connectivity index (χ0) is 17.1. The number of primary amides is 2. The summed E-state index contributed by atoms with van der Waals surface area (Å²) >= 11 is 1.15. The minimum Gasteiger partial charge on any atom is -0.367 e. The number of carbonyl (C=O) groups is 3. The first-order chi connectivity index (χ1) is 10.8. The van der Waals surface area contributed by atoms with Crippen LogP contribution >= 0.6 is 11.3 Å². The first-order valence-electron chi connectivity index (χ1n) is 6.55. The zero-order valence-corrected chi connectivity index (χ0v) is 12.9. The maximum Gasteiger partial charge on any atom is 0.262 e. The van der Waals surface area contributed by atoms with Gasteiger partial charge in [0.05, 0.1) is 4.88 Å². The molecule has 1 aromatic heterocycles. The van der Waals surface area contributed by atoms with Gasteiger partial charge in [0.25, 0.3) is 5.91 Å². The van der Waals surface area contributed by atoms with Crippen LogP contribution in [0.2, 0.25) is 0 Å². The SMILES string of the molecule is Cc1cc(C(=O)NC(C(N)=O)C(N)=O)sc1-c1ccc(F)cc1. The zero-order valence-electron chi connectivity index (χ0n) is 12.1. The molecule has 0 unspecified atom stereocenters. The lowest BCUT2D eigenvalue weighted by atomic mass is 10.1. The number of nitrogens with one attached hydrogen (secondary N) is 1. The molecule has 0 saturated carbocycles. The van der Waals surface area contributed by atoms with Gasteiger partial charge < -0.3 is 16.8 Å². The Morgan fingerprint density at radius 2 is 1.70 bits per heavy atom. The van der Waals surface area contributed by atoms with Crippen molar-refractivity contribution in [3.05, 3.63) is 46.6 Å². The van der Waals surface area contributed by atoms with Crippen molar-refractivity contribution in [2.75, 3.05) is 0 Å². The number of nitrogens with two attached hydrogens (primary N) is 2. The second-order valence-corrected chi connectivity index (χ2v) is 5.89. The van der Waals surface area contributed by atoms with E-state index in [1.165, 1.54) is 12.1 Å². The van der Waals surface area contributed by atoms with Gasteiger partial charge in [-0.1, -0.05) is 12.1 Å². The summed E-state index contributed by atoms with van der Waals surface area (Å²) in [6.45, 7) is 1.80. The number of carbonyl (C=O) groups excluding carboxylic acids is 3. The third kappa shape index (κ3) is 3.72. The monoisotopic (exact) mass is 335 g/mol. The molecule has 2 aromatic rings. The molecule has 0 radical (unpaired) electrons. The predicted molar refractivity (Wildman–Crippen MR) is 84.1 cm³/mol. The van der Waals surface area contributed by atoms with E-state index in [1.807, 2.05) is 0 Å². The van der Waals surface area contributed by atoms with E-state index < -0.39 is 23.8 Å². The molecule has 0 aliphatic rings. The lowest BCUT2D eigenvalue weighted by molar-refractivity contribution is -0.128.